The smallest absolute Gasteiger partial charge is 0.251 e. The predicted octanol–water partition coefficient (Wildman–Crippen LogP) is 2.60. The third-order valence-corrected chi connectivity index (χ3v) is 4.96. The molecule has 1 aliphatic heterocycles. The zero-order valence-electron chi connectivity index (χ0n) is 13.1. The van der Waals surface area contributed by atoms with E-state index in [-0.39, 0.29) is 5.91 Å². The molecule has 0 atom stereocenters. The minimum absolute atomic E-state index is 0.00231. The van der Waals surface area contributed by atoms with Crippen LogP contribution < -0.4 is 10.6 Å². The molecule has 1 aliphatic carbocycles. The Bertz CT molecular complexity index is 957. The third kappa shape index (κ3) is 1.99. The first-order valence-corrected chi connectivity index (χ1v) is 8.30. The van der Waals surface area contributed by atoms with E-state index >= 15 is 0 Å². The second kappa shape index (κ2) is 5.06. The molecule has 2 aliphatic rings. The van der Waals surface area contributed by atoms with Crippen LogP contribution in [-0.4, -0.2) is 26.3 Å². The second-order valence-corrected chi connectivity index (χ2v) is 6.44. The van der Waals surface area contributed by atoms with Gasteiger partial charge in [-0.05, 0) is 37.0 Å². The fraction of sp³-hybridized carbons (Fsp3) is 0.278. The second-order valence-electron chi connectivity index (χ2n) is 6.44. The minimum Gasteiger partial charge on any atom is -0.364 e. The largest absolute Gasteiger partial charge is 0.364 e. The molecule has 0 spiro atoms. The van der Waals surface area contributed by atoms with Crippen LogP contribution in [0.5, 0.6) is 0 Å². The molecule has 1 fully saturated rings. The van der Waals surface area contributed by atoms with Gasteiger partial charge in [-0.1, -0.05) is 6.07 Å². The Morgan fingerprint density at radius 3 is 3.00 bits per heavy atom. The van der Waals surface area contributed by atoms with Gasteiger partial charge < -0.3 is 10.6 Å². The Labute approximate surface area is 138 Å². The van der Waals surface area contributed by atoms with E-state index in [2.05, 4.69) is 31.1 Å². The van der Waals surface area contributed by atoms with E-state index in [1.807, 2.05) is 24.5 Å². The maximum absolute atomic E-state index is 11.7. The summed E-state index contributed by atoms with van der Waals surface area (Å²) in [6.07, 6.45) is 9.30. The topological polar surface area (TPSA) is 71.3 Å². The van der Waals surface area contributed by atoms with Crippen molar-refractivity contribution in [3.8, 4) is 11.3 Å². The molecule has 0 radical (unpaired) electrons. The van der Waals surface area contributed by atoms with E-state index < -0.39 is 0 Å². The summed E-state index contributed by atoms with van der Waals surface area (Å²) in [6.45, 7) is 0.587. The van der Waals surface area contributed by atoms with E-state index in [0.717, 1.165) is 33.8 Å². The van der Waals surface area contributed by atoms with Crippen molar-refractivity contribution in [3.05, 3.63) is 47.9 Å². The van der Waals surface area contributed by atoms with E-state index in [1.54, 1.807) is 6.20 Å². The summed E-state index contributed by atoms with van der Waals surface area (Å²) < 4.78 is 2.06. The Hall–Kier alpha value is -2.89. The van der Waals surface area contributed by atoms with E-state index in [4.69, 9.17) is 0 Å². The molecule has 3 aromatic rings. The van der Waals surface area contributed by atoms with Crippen molar-refractivity contribution < 1.29 is 4.79 Å². The quantitative estimate of drug-likeness (QED) is 0.778. The average molecular weight is 319 g/mol. The molecule has 3 heterocycles. The number of hydrogen-bond donors (Lipinski definition) is 2. The van der Waals surface area contributed by atoms with Gasteiger partial charge in [0, 0.05) is 36.1 Å². The Morgan fingerprint density at radius 2 is 2.17 bits per heavy atom. The number of nitrogens with one attached hydrogen (secondary N) is 2. The van der Waals surface area contributed by atoms with Gasteiger partial charge >= 0.3 is 0 Å². The number of benzene rings is 1. The number of hydrogen-bond acceptors (Lipinski definition) is 4. The van der Waals surface area contributed by atoms with E-state index in [9.17, 15) is 4.79 Å². The van der Waals surface area contributed by atoms with Crippen molar-refractivity contribution in [2.24, 2.45) is 0 Å². The highest BCUT2D eigenvalue weighted by Gasteiger charge is 2.21. The molecule has 24 heavy (non-hydrogen) atoms. The van der Waals surface area contributed by atoms with Gasteiger partial charge in [0.15, 0.2) is 11.5 Å². The average Bonchev–Trinajstić information content (AvgIpc) is 3.18. The molecule has 120 valence electrons. The number of carbonyl (C=O) groups excluding carboxylic acids is 1. The van der Waals surface area contributed by atoms with Gasteiger partial charge in [-0.25, -0.2) is 9.97 Å². The summed E-state index contributed by atoms with van der Waals surface area (Å²) in [6, 6.07) is 6.43. The van der Waals surface area contributed by atoms with Gasteiger partial charge in [0.1, 0.15) is 0 Å². The van der Waals surface area contributed by atoms with Gasteiger partial charge in [0.25, 0.3) is 5.91 Å². The highest BCUT2D eigenvalue weighted by molar-refractivity contribution is 5.98. The predicted molar refractivity (Wildman–Crippen MR) is 90.9 cm³/mol. The number of fused-ring (bicyclic) bond motifs is 2. The lowest BCUT2D eigenvalue weighted by atomic mass is 9.93. The van der Waals surface area contributed by atoms with Crippen LogP contribution in [0.4, 0.5) is 5.82 Å². The zero-order chi connectivity index (χ0) is 16.1. The number of rotatable bonds is 3. The molecule has 6 nitrogen and oxygen atoms in total. The maximum Gasteiger partial charge on any atom is 0.251 e. The molecule has 0 bridgehead atoms. The van der Waals surface area contributed by atoms with Crippen LogP contribution in [0.1, 0.15) is 35.2 Å². The summed E-state index contributed by atoms with van der Waals surface area (Å²) in [4.78, 5) is 20.8. The van der Waals surface area contributed by atoms with Crippen molar-refractivity contribution >= 4 is 17.4 Å². The van der Waals surface area contributed by atoms with E-state index in [1.165, 1.54) is 19.3 Å². The number of amides is 1. The lowest BCUT2D eigenvalue weighted by molar-refractivity contribution is 0.0966. The summed E-state index contributed by atoms with van der Waals surface area (Å²) in [5.41, 5.74) is 4.65. The minimum atomic E-state index is 0.00231. The van der Waals surface area contributed by atoms with Crippen LogP contribution in [0.2, 0.25) is 0 Å². The summed E-state index contributed by atoms with van der Waals surface area (Å²) in [5.74, 6) is 0.842. The molecule has 5 rings (SSSR count). The fourth-order valence-electron chi connectivity index (χ4n) is 3.37. The van der Waals surface area contributed by atoms with Crippen molar-refractivity contribution in [1.82, 2.24) is 19.7 Å². The molecule has 0 saturated heterocycles. The van der Waals surface area contributed by atoms with Gasteiger partial charge in [0.05, 0.1) is 11.9 Å². The van der Waals surface area contributed by atoms with Gasteiger partial charge in [-0.15, -0.1) is 0 Å². The van der Waals surface area contributed by atoms with Crippen LogP contribution in [-0.2, 0) is 6.54 Å². The molecule has 2 N–H and O–H groups in total. The monoisotopic (exact) mass is 319 g/mol. The number of nitrogens with zero attached hydrogens (tertiary/aromatic N) is 3. The Balaban J connectivity index is 1.59. The fourth-order valence-corrected chi connectivity index (χ4v) is 3.37. The highest BCUT2D eigenvalue weighted by atomic mass is 16.1. The summed E-state index contributed by atoms with van der Waals surface area (Å²) in [7, 11) is 0. The highest BCUT2D eigenvalue weighted by Crippen LogP contribution is 2.29. The van der Waals surface area contributed by atoms with Crippen molar-refractivity contribution in [3.63, 3.8) is 0 Å². The zero-order valence-corrected chi connectivity index (χ0v) is 13.1. The lowest BCUT2D eigenvalue weighted by Crippen LogP contribution is -2.27. The molecule has 1 aromatic carbocycles. The number of anilines is 1. The molecule has 6 heteroatoms. The van der Waals surface area contributed by atoms with Crippen molar-refractivity contribution in [2.45, 2.75) is 31.8 Å². The van der Waals surface area contributed by atoms with Crippen molar-refractivity contribution in [2.75, 3.05) is 5.32 Å². The SMILES string of the molecule is O=C1NCc2cc(-c3cnc(NC4CCC4)c4nccn34)ccc21. The molecule has 1 amide bonds. The van der Waals surface area contributed by atoms with Crippen LogP contribution in [0.15, 0.2) is 36.8 Å². The molecular weight excluding hydrogens is 302 g/mol. The molecular formula is C18H17N5O. The van der Waals surface area contributed by atoms with E-state index in [0.29, 0.717) is 12.6 Å². The third-order valence-electron chi connectivity index (χ3n) is 4.96. The van der Waals surface area contributed by atoms with Crippen LogP contribution in [0.25, 0.3) is 16.9 Å². The number of aromatic nitrogens is 3. The standard InChI is InChI=1S/C18H17N5O/c24-18-14-5-4-11(8-12(14)9-21-18)15-10-20-16(22-13-2-1-3-13)17-19-6-7-23(15)17/h4-8,10,13H,1-3,9H2,(H,20,22)(H,21,24). The molecule has 1 saturated carbocycles. The Morgan fingerprint density at radius 1 is 1.25 bits per heavy atom. The van der Waals surface area contributed by atoms with Gasteiger partial charge in [-0.3, -0.25) is 9.20 Å². The first-order valence-electron chi connectivity index (χ1n) is 8.30. The first-order chi connectivity index (χ1) is 11.8. The van der Waals surface area contributed by atoms with Gasteiger partial charge in [0.2, 0.25) is 0 Å². The van der Waals surface area contributed by atoms with Crippen molar-refractivity contribution in [1.29, 1.82) is 0 Å². The first kappa shape index (κ1) is 13.5. The molecule has 0 unspecified atom stereocenters. The number of carbonyl (C=O) groups is 1. The molecule has 2 aromatic heterocycles. The van der Waals surface area contributed by atoms with Crippen LogP contribution in [0, 0.1) is 0 Å². The summed E-state index contributed by atoms with van der Waals surface area (Å²) >= 11 is 0. The van der Waals surface area contributed by atoms with Crippen LogP contribution in [0.3, 0.4) is 0 Å². The maximum atomic E-state index is 11.7. The van der Waals surface area contributed by atoms with Gasteiger partial charge in [-0.2, -0.15) is 0 Å². The van der Waals surface area contributed by atoms with Crippen LogP contribution >= 0.6 is 0 Å². The number of imidazole rings is 1. The summed E-state index contributed by atoms with van der Waals surface area (Å²) in [5, 5.41) is 6.34. The lowest BCUT2D eigenvalue weighted by Gasteiger charge is -2.27. The Kier molecular flexibility index (Phi) is 2.85. The normalized spacial score (nSPS) is 16.8.